The zero-order chi connectivity index (χ0) is 21.8. The molecule has 1 aliphatic heterocycles. The van der Waals surface area contributed by atoms with Crippen LogP contribution >= 0.6 is 0 Å². The molecule has 9 nitrogen and oxygen atoms in total. The number of ether oxygens (including phenoxy) is 2. The lowest BCUT2D eigenvalue weighted by Gasteiger charge is -2.39. The van der Waals surface area contributed by atoms with Gasteiger partial charge in [0.25, 0.3) is 5.91 Å². The molecule has 0 radical (unpaired) electrons. The third kappa shape index (κ3) is 4.14. The number of hydrogen-bond donors (Lipinski definition) is 1. The summed E-state index contributed by atoms with van der Waals surface area (Å²) in [6, 6.07) is 7.01. The average molecular weight is 414 g/mol. The molecule has 1 atom stereocenters. The van der Waals surface area contributed by atoms with E-state index in [1.54, 1.807) is 28.9 Å². The monoisotopic (exact) mass is 414 g/mol. The second kappa shape index (κ2) is 8.98. The van der Waals surface area contributed by atoms with Gasteiger partial charge in [-0.3, -0.25) is 14.6 Å². The van der Waals surface area contributed by atoms with E-state index >= 15 is 0 Å². The Labute approximate surface area is 174 Å². The fourth-order valence-corrected chi connectivity index (χ4v) is 3.78. The Balaban J connectivity index is 1.86. The SMILES string of the molecule is CCOC(=O)N1CCN(C(=O)Cc2nc3ccccc3c(OC)c2C(N)=O)C(C)C1. The predicted molar refractivity (Wildman–Crippen MR) is 110 cm³/mol. The summed E-state index contributed by atoms with van der Waals surface area (Å²) in [7, 11) is 1.45. The predicted octanol–water partition coefficient (Wildman–Crippen LogP) is 1.57. The standard InChI is InChI=1S/C21H26N4O5/c1-4-30-21(28)24-9-10-25(13(2)12-24)17(26)11-16-18(20(22)27)19(29-3)14-7-5-6-8-15(14)23-16/h5-8,13H,4,9-12H2,1-3H3,(H2,22,27). The molecule has 2 heterocycles. The number of methoxy groups -OCH3 is 1. The second-order valence-electron chi connectivity index (χ2n) is 7.11. The normalized spacial score (nSPS) is 16.4. The molecule has 0 bridgehead atoms. The van der Waals surface area contributed by atoms with E-state index in [0.29, 0.717) is 42.9 Å². The van der Waals surface area contributed by atoms with Crippen LogP contribution in [0.2, 0.25) is 0 Å². The maximum absolute atomic E-state index is 13.0. The van der Waals surface area contributed by atoms with Gasteiger partial charge in [-0.25, -0.2) is 4.79 Å². The van der Waals surface area contributed by atoms with Crippen molar-refractivity contribution in [2.45, 2.75) is 26.3 Å². The van der Waals surface area contributed by atoms with Crippen molar-refractivity contribution in [3.05, 3.63) is 35.5 Å². The molecule has 0 saturated carbocycles. The molecule has 1 unspecified atom stereocenters. The van der Waals surface area contributed by atoms with E-state index in [4.69, 9.17) is 15.2 Å². The van der Waals surface area contributed by atoms with Gasteiger partial charge in [-0.05, 0) is 26.0 Å². The third-order valence-corrected chi connectivity index (χ3v) is 5.16. The Morgan fingerprint density at radius 2 is 1.97 bits per heavy atom. The number of aromatic nitrogens is 1. The smallest absolute Gasteiger partial charge is 0.409 e. The number of para-hydroxylation sites is 1. The minimum absolute atomic E-state index is 0.0940. The van der Waals surface area contributed by atoms with Gasteiger partial charge in [0.15, 0.2) is 0 Å². The summed E-state index contributed by atoms with van der Waals surface area (Å²) in [5.74, 6) is -0.581. The number of primary amides is 1. The van der Waals surface area contributed by atoms with Crippen LogP contribution in [0.5, 0.6) is 5.75 Å². The molecule has 1 aliphatic rings. The summed E-state index contributed by atoms with van der Waals surface area (Å²) in [6.07, 6.45) is -0.475. The molecule has 0 aliphatic carbocycles. The quantitative estimate of drug-likeness (QED) is 0.794. The first-order chi connectivity index (χ1) is 14.4. The number of nitrogens with zero attached hydrogens (tertiary/aromatic N) is 3. The summed E-state index contributed by atoms with van der Waals surface area (Å²) < 4.78 is 10.5. The van der Waals surface area contributed by atoms with Gasteiger partial charge in [-0.2, -0.15) is 0 Å². The number of amides is 3. The molecule has 2 aromatic rings. The highest BCUT2D eigenvalue weighted by molar-refractivity contribution is 6.03. The van der Waals surface area contributed by atoms with Crippen molar-refractivity contribution in [3.63, 3.8) is 0 Å². The Morgan fingerprint density at radius 3 is 2.60 bits per heavy atom. The topological polar surface area (TPSA) is 115 Å². The number of fused-ring (bicyclic) bond motifs is 1. The van der Waals surface area contributed by atoms with Gasteiger partial charge in [0.2, 0.25) is 5.91 Å². The summed E-state index contributed by atoms with van der Waals surface area (Å²) in [5, 5.41) is 0.654. The van der Waals surface area contributed by atoms with Gasteiger partial charge in [-0.15, -0.1) is 0 Å². The van der Waals surface area contributed by atoms with Crippen molar-refractivity contribution < 1.29 is 23.9 Å². The van der Waals surface area contributed by atoms with E-state index in [0.717, 1.165) is 0 Å². The lowest BCUT2D eigenvalue weighted by Crippen LogP contribution is -2.55. The number of rotatable bonds is 5. The lowest BCUT2D eigenvalue weighted by atomic mass is 10.0. The lowest BCUT2D eigenvalue weighted by molar-refractivity contribution is -0.134. The average Bonchev–Trinajstić information content (AvgIpc) is 2.72. The molecule has 2 N–H and O–H groups in total. The van der Waals surface area contributed by atoms with Gasteiger partial charge in [0.1, 0.15) is 11.3 Å². The molecular formula is C21H26N4O5. The van der Waals surface area contributed by atoms with Gasteiger partial charge in [0.05, 0.1) is 31.3 Å². The summed E-state index contributed by atoms with van der Waals surface area (Å²) in [4.78, 5) is 45.0. The number of piperazine rings is 1. The Hall–Kier alpha value is -3.36. The molecule has 1 fully saturated rings. The van der Waals surface area contributed by atoms with Crippen LogP contribution in [-0.4, -0.2) is 72.1 Å². The van der Waals surface area contributed by atoms with Crippen LogP contribution in [-0.2, 0) is 16.0 Å². The van der Waals surface area contributed by atoms with Crippen LogP contribution in [0.4, 0.5) is 4.79 Å². The Morgan fingerprint density at radius 1 is 1.23 bits per heavy atom. The van der Waals surface area contributed by atoms with E-state index in [-0.39, 0.29) is 35.7 Å². The number of pyridine rings is 1. The number of carbonyl (C=O) groups excluding carboxylic acids is 3. The molecule has 9 heteroatoms. The zero-order valence-electron chi connectivity index (χ0n) is 17.4. The van der Waals surface area contributed by atoms with Crippen molar-refractivity contribution in [3.8, 4) is 5.75 Å². The molecule has 160 valence electrons. The van der Waals surface area contributed by atoms with Crippen LogP contribution in [0.1, 0.15) is 29.9 Å². The molecular weight excluding hydrogens is 388 g/mol. The van der Waals surface area contributed by atoms with Gasteiger partial charge in [0, 0.05) is 31.1 Å². The van der Waals surface area contributed by atoms with Crippen LogP contribution < -0.4 is 10.5 Å². The fraction of sp³-hybridized carbons (Fsp3) is 0.429. The van der Waals surface area contributed by atoms with Gasteiger partial charge >= 0.3 is 6.09 Å². The van der Waals surface area contributed by atoms with E-state index < -0.39 is 5.91 Å². The van der Waals surface area contributed by atoms with Crippen molar-refractivity contribution in [1.29, 1.82) is 0 Å². The van der Waals surface area contributed by atoms with Crippen molar-refractivity contribution in [2.75, 3.05) is 33.4 Å². The van der Waals surface area contributed by atoms with Crippen LogP contribution in [0.15, 0.2) is 24.3 Å². The van der Waals surface area contributed by atoms with Crippen molar-refractivity contribution >= 4 is 28.8 Å². The van der Waals surface area contributed by atoms with Crippen molar-refractivity contribution in [1.82, 2.24) is 14.8 Å². The first kappa shape index (κ1) is 21.4. The number of carbonyl (C=O) groups is 3. The highest BCUT2D eigenvalue weighted by Gasteiger charge is 2.31. The number of nitrogens with two attached hydrogens (primary N) is 1. The molecule has 3 amide bonds. The number of benzene rings is 1. The summed E-state index contributed by atoms with van der Waals surface area (Å²) in [5.41, 5.74) is 6.61. The molecule has 1 aromatic carbocycles. The second-order valence-corrected chi connectivity index (χ2v) is 7.11. The summed E-state index contributed by atoms with van der Waals surface area (Å²) >= 11 is 0. The first-order valence-electron chi connectivity index (χ1n) is 9.83. The van der Waals surface area contributed by atoms with E-state index in [1.807, 2.05) is 19.1 Å². The highest BCUT2D eigenvalue weighted by atomic mass is 16.6. The third-order valence-electron chi connectivity index (χ3n) is 5.16. The Kier molecular flexibility index (Phi) is 6.39. The molecule has 1 saturated heterocycles. The van der Waals surface area contributed by atoms with E-state index in [1.165, 1.54) is 7.11 Å². The minimum Gasteiger partial charge on any atom is -0.495 e. The van der Waals surface area contributed by atoms with Crippen LogP contribution in [0.25, 0.3) is 10.9 Å². The van der Waals surface area contributed by atoms with E-state index in [2.05, 4.69) is 4.98 Å². The van der Waals surface area contributed by atoms with Gasteiger partial charge < -0.3 is 25.0 Å². The van der Waals surface area contributed by atoms with Crippen LogP contribution in [0, 0.1) is 0 Å². The van der Waals surface area contributed by atoms with E-state index in [9.17, 15) is 14.4 Å². The molecule has 1 aromatic heterocycles. The highest BCUT2D eigenvalue weighted by Crippen LogP contribution is 2.31. The maximum Gasteiger partial charge on any atom is 0.409 e. The first-order valence-corrected chi connectivity index (χ1v) is 9.83. The van der Waals surface area contributed by atoms with Crippen molar-refractivity contribution in [2.24, 2.45) is 5.73 Å². The molecule has 30 heavy (non-hydrogen) atoms. The fourth-order valence-electron chi connectivity index (χ4n) is 3.78. The minimum atomic E-state index is -0.701. The number of hydrogen-bond acceptors (Lipinski definition) is 6. The maximum atomic E-state index is 13.0. The summed E-state index contributed by atoms with van der Waals surface area (Å²) in [6.45, 7) is 5.05. The van der Waals surface area contributed by atoms with Crippen LogP contribution in [0.3, 0.4) is 0 Å². The zero-order valence-corrected chi connectivity index (χ0v) is 17.4. The van der Waals surface area contributed by atoms with Gasteiger partial charge in [-0.1, -0.05) is 12.1 Å². The molecule has 3 rings (SSSR count). The Bertz CT molecular complexity index is 977. The largest absolute Gasteiger partial charge is 0.495 e. The molecule has 0 spiro atoms.